The Morgan fingerprint density at radius 2 is 2.25 bits per heavy atom. The maximum absolute atomic E-state index is 11.4. The van der Waals surface area contributed by atoms with Crippen LogP contribution in [0.2, 0.25) is 5.02 Å². The van der Waals surface area contributed by atoms with Gasteiger partial charge in [0, 0.05) is 34.3 Å². The number of anilines is 2. The summed E-state index contributed by atoms with van der Waals surface area (Å²) in [6.45, 7) is 0. The molecule has 3 N–H and O–H groups in total. The van der Waals surface area contributed by atoms with Crippen LogP contribution in [0.3, 0.4) is 0 Å². The maximum atomic E-state index is 11.4. The van der Waals surface area contributed by atoms with E-state index in [0.29, 0.717) is 22.2 Å². The third-order valence-electron chi connectivity index (χ3n) is 1.90. The Bertz CT molecular complexity index is 423. The summed E-state index contributed by atoms with van der Waals surface area (Å²) in [4.78, 5) is 11.4. The van der Waals surface area contributed by atoms with Crippen molar-refractivity contribution in [3.05, 3.63) is 23.2 Å². The summed E-state index contributed by atoms with van der Waals surface area (Å²) in [7, 11) is -0.966. The number of nitrogen functional groups attached to an aromatic ring is 1. The molecule has 1 atom stereocenters. The summed E-state index contributed by atoms with van der Waals surface area (Å²) < 4.78 is 10.8. The highest BCUT2D eigenvalue weighted by Crippen LogP contribution is 2.22. The lowest BCUT2D eigenvalue weighted by atomic mass is 10.2. The highest BCUT2D eigenvalue weighted by molar-refractivity contribution is 7.84. The van der Waals surface area contributed by atoms with Crippen LogP contribution in [-0.4, -0.2) is 22.1 Å². The molecule has 0 aliphatic carbocycles. The van der Waals surface area contributed by atoms with Gasteiger partial charge in [-0.2, -0.15) is 0 Å². The van der Waals surface area contributed by atoms with Crippen molar-refractivity contribution in [2.45, 2.75) is 6.42 Å². The summed E-state index contributed by atoms with van der Waals surface area (Å²) in [5.74, 6) is 0.142. The molecular weight excluding hydrogens is 248 g/mol. The molecule has 0 fully saturated rings. The SMILES string of the molecule is CS(=O)CCC(=O)Nc1ccc(Cl)cc1N. The predicted molar refractivity (Wildman–Crippen MR) is 68.0 cm³/mol. The third-order valence-corrected chi connectivity index (χ3v) is 2.92. The van der Waals surface area contributed by atoms with Crippen LogP contribution >= 0.6 is 11.6 Å². The molecule has 1 rings (SSSR count). The molecule has 16 heavy (non-hydrogen) atoms. The van der Waals surface area contributed by atoms with Gasteiger partial charge in [0.1, 0.15) is 0 Å². The minimum atomic E-state index is -0.966. The van der Waals surface area contributed by atoms with Gasteiger partial charge in [-0.15, -0.1) is 0 Å². The lowest BCUT2D eigenvalue weighted by Crippen LogP contribution is -2.15. The first-order valence-electron chi connectivity index (χ1n) is 4.64. The lowest BCUT2D eigenvalue weighted by Gasteiger charge is -2.07. The van der Waals surface area contributed by atoms with E-state index >= 15 is 0 Å². The first kappa shape index (κ1) is 13.0. The van der Waals surface area contributed by atoms with Gasteiger partial charge in [0.2, 0.25) is 5.91 Å². The quantitative estimate of drug-likeness (QED) is 0.809. The number of nitrogens with two attached hydrogens (primary N) is 1. The second-order valence-corrected chi connectivity index (χ2v) is 5.30. The van der Waals surface area contributed by atoms with Crippen molar-refractivity contribution >= 4 is 39.7 Å². The second kappa shape index (κ2) is 5.86. The van der Waals surface area contributed by atoms with E-state index in [1.807, 2.05) is 0 Å². The number of amides is 1. The van der Waals surface area contributed by atoms with Crippen molar-refractivity contribution in [3.8, 4) is 0 Å². The molecule has 0 aromatic heterocycles. The third kappa shape index (κ3) is 4.20. The fourth-order valence-electron chi connectivity index (χ4n) is 1.10. The first-order valence-corrected chi connectivity index (χ1v) is 6.74. The summed E-state index contributed by atoms with van der Waals surface area (Å²) in [6, 6.07) is 4.85. The fourth-order valence-corrected chi connectivity index (χ4v) is 1.75. The number of carbonyl (C=O) groups excluding carboxylic acids is 1. The molecule has 1 unspecified atom stereocenters. The van der Waals surface area contributed by atoms with Gasteiger partial charge in [-0.05, 0) is 18.2 Å². The van der Waals surface area contributed by atoms with Crippen LogP contribution in [0, 0.1) is 0 Å². The lowest BCUT2D eigenvalue weighted by molar-refractivity contribution is -0.115. The molecule has 88 valence electrons. The van der Waals surface area contributed by atoms with Crippen LogP contribution in [0.5, 0.6) is 0 Å². The van der Waals surface area contributed by atoms with Gasteiger partial charge < -0.3 is 11.1 Å². The average molecular weight is 261 g/mol. The molecule has 0 heterocycles. The normalized spacial score (nSPS) is 12.1. The number of hydrogen-bond acceptors (Lipinski definition) is 3. The highest BCUT2D eigenvalue weighted by Gasteiger charge is 2.06. The Labute approximate surface area is 102 Å². The zero-order valence-electron chi connectivity index (χ0n) is 8.83. The van der Waals surface area contributed by atoms with Gasteiger partial charge in [-0.1, -0.05) is 11.6 Å². The maximum Gasteiger partial charge on any atom is 0.225 e. The van der Waals surface area contributed by atoms with E-state index < -0.39 is 10.8 Å². The van der Waals surface area contributed by atoms with Crippen LogP contribution < -0.4 is 11.1 Å². The molecule has 0 radical (unpaired) electrons. The van der Waals surface area contributed by atoms with Crippen LogP contribution in [0.1, 0.15) is 6.42 Å². The van der Waals surface area contributed by atoms with Crippen LogP contribution in [0.4, 0.5) is 11.4 Å². The van der Waals surface area contributed by atoms with Crippen molar-refractivity contribution in [1.29, 1.82) is 0 Å². The molecule has 0 spiro atoms. The van der Waals surface area contributed by atoms with Gasteiger partial charge >= 0.3 is 0 Å². The number of halogens is 1. The summed E-state index contributed by atoms with van der Waals surface area (Å²) in [5.41, 5.74) is 6.61. The molecule has 0 aliphatic heterocycles. The standard InChI is InChI=1S/C10H13ClN2O2S/c1-16(15)5-4-10(14)13-9-3-2-7(11)6-8(9)12/h2-3,6H,4-5,12H2,1H3,(H,13,14). The van der Waals surface area contributed by atoms with Gasteiger partial charge in [0.05, 0.1) is 11.4 Å². The number of hydrogen-bond donors (Lipinski definition) is 2. The minimum Gasteiger partial charge on any atom is -0.397 e. The Kier molecular flexibility index (Phi) is 4.76. The molecule has 0 aliphatic rings. The summed E-state index contributed by atoms with van der Waals surface area (Å²) >= 11 is 5.72. The highest BCUT2D eigenvalue weighted by atomic mass is 35.5. The van der Waals surface area contributed by atoms with Crippen LogP contribution in [0.25, 0.3) is 0 Å². The molecule has 0 bridgehead atoms. The van der Waals surface area contributed by atoms with E-state index in [9.17, 15) is 9.00 Å². The number of rotatable bonds is 4. The molecule has 1 amide bonds. The van der Waals surface area contributed by atoms with E-state index in [4.69, 9.17) is 17.3 Å². The van der Waals surface area contributed by atoms with Gasteiger partial charge in [0.15, 0.2) is 0 Å². The Balaban J connectivity index is 2.59. The van der Waals surface area contributed by atoms with E-state index in [1.54, 1.807) is 24.5 Å². The molecule has 1 aromatic carbocycles. The smallest absolute Gasteiger partial charge is 0.225 e. The summed E-state index contributed by atoms with van der Waals surface area (Å²) in [5, 5.41) is 3.15. The molecule has 1 aromatic rings. The van der Waals surface area contributed by atoms with Crippen molar-refractivity contribution in [1.82, 2.24) is 0 Å². The molecule has 0 saturated carbocycles. The van der Waals surface area contributed by atoms with E-state index in [1.165, 1.54) is 0 Å². The average Bonchev–Trinajstić information content (AvgIpc) is 2.19. The van der Waals surface area contributed by atoms with E-state index in [2.05, 4.69) is 5.32 Å². The number of benzene rings is 1. The van der Waals surface area contributed by atoms with E-state index in [0.717, 1.165) is 0 Å². The fraction of sp³-hybridized carbons (Fsp3) is 0.300. The van der Waals surface area contributed by atoms with Crippen molar-refractivity contribution in [3.63, 3.8) is 0 Å². The van der Waals surface area contributed by atoms with Crippen LogP contribution in [0.15, 0.2) is 18.2 Å². The monoisotopic (exact) mass is 260 g/mol. The van der Waals surface area contributed by atoms with E-state index in [-0.39, 0.29) is 12.3 Å². The molecule has 0 saturated heterocycles. The number of nitrogens with one attached hydrogen (secondary N) is 1. The van der Waals surface area contributed by atoms with Crippen molar-refractivity contribution in [2.24, 2.45) is 0 Å². The second-order valence-electron chi connectivity index (χ2n) is 3.31. The Morgan fingerprint density at radius 1 is 1.56 bits per heavy atom. The zero-order chi connectivity index (χ0) is 12.1. The van der Waals surface area contributed by atoms with Gasteiger partial charge in [0.25, 0.3) is 0 Å². The molecule has 4 nitrogen and oxygen atoms in total. The number of carbonyl (C=O) groups is 1. The molecular formula is C10H13ClN2O2S. The summed E-state index contributed by atoms with van der Waals surface area (Å²) in [6.07, 6.45) is 1.77. The van der Waals surface area contributed by atoms with Crippen molar-refractivity contribution < 1.29 is 9.00 Å². The minimum absolute atomic E-state index is 0.204. The molecule has 6 heteroatoms. The Hall–Kier alpha value is -1.07. The first-order chi connectivity index (χ1) is 7.49. The zero-order valence-corrected chi connectivity index (χ0v) is 10.4. The van der Waals surface area contributed by atoms with Crippen LogP contribution in [-0.2, 0) is 15.6 Å². The topological polar surface area (TPSA) is 72.2 Å². The van der Waals surface area contributed by atoms with Gasteiger partial charge in [-0.25, -0.2) is 0 Å². The predicted octanol–water partition coefficient (Wildman–Crippen LogP) is 1.63. The van der Waals surface area contributed by atoms with Crippen molar-refractivity contribution in [2.75, 3.05) is 23.1 Å². The Morgan fingerprint density at radius 3 is 2.81 bits per heavy atom. The largest absolute Gasteiger partial charge is 0.397 e. The van der Waals surface area contributed by atoms with Gasteiger partial charge in [-0.3, -0.25) is 9.00 Å².